The summed E-state index contributed by atoms with van der Waals surface area (Å²) in [5, 5.41) is 7.85. The molecule has 1 saturated carbocycles. The number of hydrogen-bond donors (Lipinski definition) is 1. The lowest BCUT2D eigenvalue weighted by Crippen LogP contribution is -2.36. The molecule has 1 N–H and O–H groups in total. The molecule has 1 aliphatic rings. The molecule has 0 amide bonds. The van der Waals surface area contributed by atoms with Gasteiger partial charge in [-0.2, -0.15) is 5.10 Å². The first-order valence-corrected chi connectivity index (χ1v) is 7.43. The fourth-order valence-corrected chi connectivity index (χ4v) is 3.25. The fourth-order valence-electron chi connectivity index (χ4n) is 3.25. The number of nitrogens with zero attached hydrogens (tertiary/aromatic N) is 2. The second kappa shape index (κ2) is 6.37. The van der Waals surface area contributed by atoms with Gasteiger partial charge in [-0.1, -0.05) is 26.2 Å². The summed E-state index contributed by atoms with van der Waals surface area (Å²) in [5.41, 5.74) is 1.91. The molecular formula is C15H27N3. The monoisotopic (exact) mass is 249 g/mol. The van der Waals surface area contributed by atoms with E-state index in [4.69, 9.17) is 0 Å². The highest BCUT2D eigenvalue weighted by atomic mass is 15.2. The van der Waals surface area contributed by atoms with Gasteiger partial charge in [-0.15, -0.1) is 0 Å². The third kappa shape index (κ3) is 3.35. The minimum atomic E-state index is 0.540. The zero-order valence-corrected chi connectivity index (χ0v) is 11.9. The van der Waals surface area contributed by atoms with E-state index in [1.54, 1.807) is 0 Å². The highest BCUT2D eigenvalue weighted by Crippen LogP contribution is 2.39. The van der Waals surface area contributed by atoms with Crippen LogP contribution < -0.4 is 5.32 Å². The van der Waals surface area contributed by atoms with Crippen molar-refractivity contribution in [3.63, 3.8) is 0 Å². The van der Waals surface area contributed by atoms with Gasteiger partial charge in [-0.05, 0) is 43.7 Å². The molecule has 0 radical (unpaired) electrons. The van der Waals surface area contributed by atoms with Crippen molar-refractivity contribution in [3.8, 4) is 0 Å². The van der Waals surface area contributed by atoms with E-state index in [1.165, 1.54) is 57.2 Å². The number of aryl methyl sites for hydroxylation is 2. The van der Waals surface area contributed by atoms with Gasteiger partial charge in [0.15, 0.2) is 0 Å². The van der Waals surface area contributed by atoms with E-state index in [1.807, 2.05) is 17.9 Å². The largest absolute Gasteiger partial charge is 0.316 e. The van der Waals surface area contributed by atoms with Gasteiger partial charge in [0.2, 0.25) is 0 Å². The number of hydrogen-bond acceptors (Lipinski definition) is 2. The molecule has 0 aromatic carbocycles. The van der Waals surface area contributed by atoms with Crippen LogP contribution in [0.1, 0.15) is 51.1 Å². The average Bonchev–Trinajstić information content (AvgIpc) is 2.81. The summed E-state index contributed by atoms with van der Waals surface area (Å²) in [6.07, 6.45) is 11.4. The lowest BCUT2D eigenvalue weighted by Gasteiger charge is -2.37. The predicted molar refractivity (Wildman–Crippen MR) is 75.6 cm³/mol. The molecule has 2 rings (SSSR count). The Labute approximate surface area is 111 Å². The summed E-state index contributed by atoms with van der Waals surface area (Å²) >= 11 is 0. The van der Waals surface area contributed by atoms with Crippen molar-refractivity contribution in [1.29, 1.82) is 0 Å². The van der Waals surface area contributed by atoms with E-state index < -0.39 is 0 Å². The minimum absolute atomic E-state index is 0.540. The van der Waals surface area contributed by atoms with Gasteiger partial charge in [-0.3, -0.25) is 4.68 Å². The summed E-state index contributed by atoms with van der Waals surface area (Å²) in [4.78, 5) is 0. The maximum Gasteiger partial charge on any atom is 0.0492 e. The Hall–Kier alpha value is -0.830. The molecule has 1 aromatic heterocycles. The molecular weight excluding hydrogens is 222 g/mol. The molecule has 1 aromatic rings. The molecule has 1 fully saturated rings. The highest BCUT2D eigenvalue weighted by molar-refractivity contribution is 5.01. The number of rotatable bonds is 6. The maximum atomic E-state index is 4.27. The third-order valence-electron chi connectivity index (χ3n) is 4.50. The van der Waals surface area contributed by atoms with E-state index in [9.17, 15) is 0 Å². The molecule has 1 heterocycles. The third-order valence-corrected chi connectivity index (χ3v) is 4.50. The Morgan fingerprint density at radius 3 is 2.72 bits per heavy atom. The minimum Gasteiger partial charge on any atom is -0.316 e. The molecule has 3 nitrogen and oxygen atoms in total. The van der Waals surface area contributed by atoms with Crippen LogP contribution in [0, 0.1) is 5.41 Å². The van der Waals surface area contributed by atoms with Crippen LogP contribution in [0.4, 0.5) is 0 Å². The van der Waals surface area contributed by atoms with Crippen LogP contribution in [0.15, 0.2) is 12.3 Å². The molecule has 3 heteroatoms. The Bertz CT molecular complexity index is 350. The molecule has 18 heavy (non-hydrogen) atoms. The zero-order chi connectivity index (χ0) is 12.8. The van der Waals surface area contributed by atoms with Gasteiger partial charge in [0.05, 0.1) is 0 Å². The second-order valence-electron chi connectivity index (χ2n) is 5.79. The van der Waals surface area contributed by atoms with Crippen molar-refractivity contribution in [3.05, 3.63) is 18.0 Å². The normalized spacial score (nSPS) is 19.0. The predicted octanol–water partition coefficient (Wildman–Crippen LogP) is 2.91. The zero-order valence-electron chi connectivity index (χ0n) is 11.9. The van der Waals surface area contributed by atoms with Crippen LogP contribution in [-0.2, 0) is 13.5 Å². The van der Waals surface area contributed by atoms with Crippen LogP contribution in [0.5, 0.6) is 0 Å². The summed E-state index contributed by atoms with van der Waals surface area (Å²) in [7, 11) is 2.05. The first-order chi connectivity index (χ1) is 8.76. The average molecular weight is 249 g/mol. The van der Waals surface area contributed by atoms with Crippen LogP contribution in [0.25, 0.3) is 0 Å². The van der Waals surface area contributed by atoms with E-state index in [-0.39, 0.29) is 0 Å². The van der Waals surface area contributed by atoms with E-state index in [0.29, 0.717) is 5.41 Å². The first-order valence-electron chi connectivity index (χ1n) is 7.43. The standard InChI is InChI=1S/C15H27N3/c1-3-16-13-15(9-5-4-6-10-15)11-7-14-8-12-17-18(14)2/h8,12,16H,3-7,9-11,13H2,1-2H3. The van der Waals surface area contributed by atoms with Crippen LogP contribution in [-0.4, -0.2) is 22.9 Å². The van der Waals surface area contributed by atoms with Crippen molar-refractivity contribution < 1.29 is 0 Å². The van der Waals surface area contributed by atoms with E-state index >= 15 is 0 Å². The van der Waals surface area contributed by atoms with Gasteiger partial charge >= 0.3 is 0 Å². The Morgan fingerprint density at radius 2 is 2.11 bits per heavy atom. The smallest absolute Gasteiger partial charge is 0.0492 e. The Kier molecular flexibility index (Phi) is 4.81. The van der Waals surface area contributed by atoms with Crippen LogP contribution in [0.2, 0.25) is 0 Å². The summed E-state index contributed by atoms with van der Waals surface area (Å²) in [5.74, 6) is 0. The quantitative estimate of drug-likeness (QED) is 0.840. The van der Waals surface area contributed by atoms with Gasteiger partial charge in [-0.25, -0.2) is 0 Å². The Balaban J connectivity index is 1.94. The highest BCUT2D eigenvalue weighted by Gasteiger charge is 2.31. The van der Waals surface area contributed by atoms with Gasteiger partial charge in [0, 0.05) is 25.5 Å². The van der Waals surface area contributed by atoms with E-state index in [0.717, 1.165) is 6.54 Å². The molecule has 0 saturated heterocycles. The summed E-state index contributed by atoms with van der Waals surface area (Å²) < 4.78 is 2.02. The SMILES string of the molecule is CCNCC1(CCc2ccnn2C)CCCCC1. The van der Waals surface area contributed by atoms with Crippen molar-refractivity contribution in [2.75, 3.05) is 13.1 Å². The first kappa shape index (κ1) is 13.6. The molecule has 102 valence electrons. The van der Waals surface area contributed by atoms with Gasteiger partial charge in [0.25, 0.3) is 0 Å². The van der Waals surface area contributed by atoms with Crippen molar-refractivity contribution in [2.45, 2.75) is 51.9 Å². The molecule has 0 unspecified atom stereocenters. The molecule has 0 bridgehead atoms. The number of aromatic nitrogens is 2. The maximum absolute atomic E-state index is 4.27. The molecule has 0 atom stereocenters. The van der Waals surface area contributed by atoms with Crippen LogP contribution in [0.3, 0.4) is 0 Å². The van der Waals surface area contributed by atoms with Gasteiger partial charge < -0.3 is 5.32 Å². The summed E-state index contributed by atoms with van der Waals surface area (Å²) in [6, 6.07) is 2.16. The lowest BCUT2D eigenvalue weighted by atomic mass is 9.71. The lowest BCUT2D eigenvalue weighted by molar-refractivity contribution is 0.167. The summed E-state index contributed by atoms with van der Waals surface area (Å²) in [6.45, 7) is 4.49. The van der Waals surface area contributed by atoms with Crippen LogP contribution >= 0.6 is 0 Å². The van der Waals surface area contributed by atoms with Crippen molar-refractivity contribution >= 4 is 0 Å². The van der Waals surface area contributed by atoms with E-state index in [2.05, 4.69) is 23.4 Å². The topological polar surface area (TPSA) is 29.9 Å². The molecule has 0 spiro atoms. The second-order valence-corrected chi connectivity index (χ2v) is 5.79. The van der Waals surface area contributed by atoms with Gasteiger partial charge in [0.1, 0.15) is 0 Å². The fraction of sp³-hybridized carbons (Fsp3) is 0.800. The van der Waals surface area contributed by atoms with Crippen molar-refractivity contribution in [1.82, 2.24) is 15.1 Å². The molecule has 1 aliphatic carbocycles. The Morgan fingerprint density at radius 1 is 1.33 bits per heavy atom. The molecule has 0 aliphatic heterocycles. The van der Waals surface area contributed by atoms with Crippen molar-refractivity contribution in [2.24, 2.45) is 12.5 Å². The number of nitrogens with one attached hydrogen (secondary N) is 1.